The number of anilines is 1. The molecule has 2 N–H and O–H groups in total. The second kappa shape index (κ2) is 4.53. The molecule has 19 heavy (non-hydrogen) atoms. The quantitative estimate of drug-likeness (QED) is 0.867. The molecule has 1 aromatic carbocycles. The van der Waals surface area contributed by atoms with E-state index in [2.05, 4.69) is 37.1 Å². The second-order valence-corrected chi connectivity index (χ2v) is 5.59. The van der Waals surface area contributed by atoms with Crippen molar-refractivity contribution in [2.45, 2.75) is 26.2 Å². The third kappa shape index (κ3) is 2.52. The van der Waals surface area contributed by atoms with Crippen molar-refractivity contribution in [1.29, 1.82) is 0 Å². The van der Waals surface area contributed by atoms with E-state index in [9.17, 15) is 4.79 Å². The van der Waals surface area contributed by atoms with Crippen LogP contribution < -0.4 is 5.32 Å². The van der Waals surface area contributed by atoms with Crippen LogP contribution in [-0.2, 0) is 5.41 Å². The summed E-state index contributed by atoms with van der Waals surface area (Å²) in [6.07, 6.45) is 0. The maximum Gasteiger partial charge on any atom is 0.354 e. The number of benzene rings is 1. The van der Waals surface area contributed by atoms with Gasteiger partial charge < -0.3 is 10.4 Å². The van der Waals surface area contributed by atoms with Gasteiger partial charge in [-0.05, 0) is 29.2 Å². The van der Waals surface area contributed by atoms with Gasteiger partial charge in [0.25, 0.3) is 0 Å². The van der Waals surface area contributed by atoms with Crippen LogP contribution in [0.15, 0.2) is 24.3 Å². The number of nitrogens with zero attached hydrogens (tertiary/aromatic N) is 1. The normalized spacial score (nSPS) is 11.6. The average Bonchev–Trinajstić information content (AvgIpc) is 2.35. The number of aromatic carboxylic acids is 1. The zero-order valence-electron chi connectivity index (χ0n) is 11.6. The molecule has 100 valence electrons. The SMILES string of the molecule is CNc1cc(C(=O)O)nc2ccc(C(C)(C)C)cc12. The van der Waals surface area contributed by atoms with Crippen molar-refractivity contribution >= 4 is 22.6 Å². The third-order valence-corrected chi connectivity index (χ3v) is 3.16. The summed E-state index contributed by atoms with van der Waals surface area (Å²) in [6, 6.07) is 7.51. The Labute approximate surface area is 112 Å². The lowest BCUT2D eigenvalue weighted by Gasteiger charge is -2.20. The standard InChI is InChI=1S/C15H18N2O2/c1-15(2,3)9-5-6-11-10(7-9)12(16-4)8-13(17-11)14(18)19/h5-8H,1-4H3,(H,16,17)(H,18,19). The molecular weight excluding hydrogens is 240 g/mol. The van der Waals surface area contributed by atoms with Crippen molar-refractivity contribution in [3.05, 3.63) is 35.5 Å². The molecule has 0 aliphatic carbocycles. The smallest absolute Gasteiger partial charge is 0.354 e. The number of carbonyl (C=O) groups is 1. The Morgan fingerprint density at radius 1 is 1.26 bits per heavy atom. The highest BCUT2D eigenvalue weighted by atomic mass is 16.4. The van der Waals surface area contributed by atoms with Crippen LogP contribution in [-0.4, -0.2) is 23.1 Å². The molecule has 2 rings (SSSR count). The van der Waals surface area contributed by atoms with Crippen LogP contribution in [0.1, 0.15) is 36.8 Å². The molecule has 0 atom stereocenters. The van der Waals surface area contributed by atoms with Gasteiger partial charge in [0.2, 0.25) is 0 Å². The molecule has 0 aliphatic rings. The van der Waals surface area contributed by atoms with Crippen molar-refractivity contribution in [3.8, 4) is 0 Å². The largest absolute Gasteiger partial charge is 0.477 e. The molecular formula is C15H18N2O2. The van der Waals surface area contributed by atoms with Crippen LogP contribution in [0.4, 0.5) is 5.69 Å². The molecule has 1 aromatic heterocycles. The van der Waals surface area contributed by atoms with E-state index in [1.165, 1.54) is 5.56 Å². The number of carboxylic acid groups (broad SMARTS) is 1. The summed E-state index contributed by atoms with van der Waals surface area (Å²) in [5, 5.41) is 13.0. The lowest BCUT2D eigenvalue weighted by molar-refractivity contribution is 0.0691. The summed E-state index contributed by atoms with van der Waals surface area (Å²) in [5.74, 6) is -1.02. The van der Waals surface area contributed by atoms with E-state index in [0.717, 1.165) is 11.1 Å². The lowest BCUT2D eigenvalue weighted by Crippen LogP contribution is -2.11. The summed E-state index contributed by atoms with van der Waals surface area (Å²) in [5.41, 5.74) is 2.78. The van der Waals surface area contributed by atoms with Gasteiger partial charge in [-0.15, -0.1) is 0 Å². The fourth-order valence-corrected chi connectivity index (χ4v) is 2.01. The minimum absolute atomic E-state index is 0.0463. The molecule has 0 radical (unpaired) electrons. The van der Waals surface area contributed by atoms with Crippen LogP contribution in [0.5, 0.6) is 0 Å². The van der Waals surface area contributed by atoms with Gasteiger partial charge in [0.1, 0.15) is 0 Å². The Balaban J connectivity index is 2.72. The maximum atomic E-state index is 11.0. The molecule has 1 heterocycles. The summed E-state index contributed by atoms with van der Waals surface area (Å²) < 4.78 is 0. The highest BCUT2D eigenvalue weighted by Gasteiger charge is 2.16. The molecule has 4 nitrogen and oxygen atoms in total. The van der Waals surface area contributed by atoms with Gasteiger partial charge in [-0.25, -0.2) is 9.78 Å². The Kier molecular flexibility index (Phi) is 3.18. The Hall–Kier alpha value is -2.10. The fourth-order valence-electron chi connectivity index (χ4n) is 2.01. The van der Waals surface area contributed by atoms with Crippen LogP contribution in [0.2, 0.25) is 0 Å². The second-order valence-electron chi connectivity index (χ2n) is 5.59. The summed E-state index contributed by atoms with van der Waals surface area (Å²) in [7, 11) is 1.78. The Morgan fingerprint density at radius 2 is 1.95 bits per heavy atom. The molecule has 0 unspecified atom stereocenters. The lowest BCUT2D eigenvalue weighted by atomic mass is 9.86. The highest BCUT2D eigenvalue weighted by molar-refractivity contribution is 5.97. The third-order valence-electron chi connectivity index (χ3n) is 3.16. The van der Waals surface area contributed by atoms with E-state index in [-0.39, 0.29) is 11.1 Å². The van der Waals surface area contributed by atoms with E-state index in [4.69, 9.17) is 5.11 Å². The summed E-state index contributed by atoms with van der Waals surface area (Å²) in [6.45, 7) is 6.44. The first-order valence-corrected chi connectivity index (χ1v) is 6.19. The monoisotopic (exact) mass is 258 g/mol. The van der Waals surface area contributed by atoms with E-state index in [1.54, 1.807) is 13.1 Å². The number of fused-ring (bicyclic) bond motifs is 1. The van der Waals surface area contributed by atoms with E-state index in [0.29, 0.717) is 5.52 Å². The van der Waals surface area contributed by atoms with Gasteiger partial charge in [0.05, 0.1) is 5.52 Å². The first-order chi connectivity index (χ1) is 8.82. The zero-order chi connectivity index (χ0) is 14.2. The number of hydrogen-bond donors (Lipinski definition) is 2. The van der Waals surface area contributed by atoms with E-state index in [1.807, 2.05) is 12.1 Å². The van der Waals surface area contributed by atoms with Gasteiger partial charge in [0.15, 0.2) is 5.69 Å². The van der Waals surface area contributed by atoms with Crippen LogP contribution in [0.3, 0.4) is 0 Å². The van der Waals surface area contributed by atoms with Crippen molar-refractivity contribution in [2.75, 3.05) is 12.4 Å². The van der Waals surface area contributed by atoms with Crippen molar-refractivity contribution in [3.63, 3.8) is 0 Å². The van der Waals surface area contributed by atoms with Gasteiger partial charge in [-0.1, -0.05) is 26.8 Å². The van der Waals surface area contributed by atoms with Crippen molar-refractivity contribution in [2.24, 2.45) is 0 Å². The zero-order valence-corrected chi connectivity index (χ0v) is 11.6. The molecule has 4 heteroatoms. The fraction of sp³-hybridized carbons (Fsp3) is 0.333. The molecule has 2 aromatic rings. The minimum atomic E-state index is -1.02. The van der Waals surface area contributed by atoms with Gasteiger partial charge in [-0.3, -0.25) is 0 Å². The summed E-state index contributed by atoms with van der Waals surface area (Å²) >= 11 is 0. The van der Waals surface area contributed by atoms with E-state index < -0.39 is 5.97 Å². The topological polar surface area (TPSA) is 62.2 Å². The maximum absolute atomic E-state index is 11.0. The highest BCUT2D eigenvalue weighted by Crippen LogP contribution is 2.29. The summed E-state index contributed by atoms with van der Waals surface area (Å²) in [4.78, 5) is 15.2. The molecule has 0 fully saturated rings. The Bertz CT molecular complexity index is 642. The number of pyridine rings is 1. The molecule has 0 spiro atoms. The molecule has 0 saturated heterocycles. The van der Waals surface area contributed by atoms with Gasteiger partial charge in [-0.2, -0.15) is 0 Å². The minimum Gasteiger partial charge on any atom is -0.477 e. The van der Waals surface area contributed by atoms with E-state index >= 15 is 0 Å². The van der Waals surface area contributed by atoms with Gasteiger partial charge in [0, 0.05) is 18.1 Å². The molecule has 0 aliphatic heterocycles. The van der Waals surface area contributed by atoms with Crippen molar-refractivity contribution in [1.82, 2.24) is 4.98 Å². The van der Waals surface area contributed by atoms with Crippen LogP contribution >= 0.6 is 0 Å². The first-order valence-electron chi connectivity index (χ1n) is 6.19. The number of carboxylic acids is 1. The number of rotatable bonds is 2. The predicted molar refractivity (Wildman–Crippen MR) is 76.9 cm³/mol. The van der Waals surface area contributed by atoms with Crippen LogP contribution in [0.25, 0.3) is 10.9 Å². The molecule has 0 bridgehead atoms. The first kappa shape index (κ1) is 13.3. The van der Waals surface area contributed by atoms with Crippen molar-refractivity contribution < 1.29 is 9.90 Å². The number of hydrogen-bond acceptors (Lipinski definition) is 3. The molecule has 0 amide bonds. The van der Waals surface area contributed by atoms with Crippen LogP contribution in [0, 0.1) is 0 Å². The molecule has 0 saturated carbocycles. The number of aromatic nitrogens is 1. The predicted octanol–water partition coefficient (Wildman–Crippen LogP) is 3.27. The Morgan fingerprint density at radius 3 is 2.47 bits per heavy atom. The average molecular weight is 258 g/mol. The van der Waals surface area contributed by atoms with Gasteiger partial charge >= 0.3 is 5.97 Å². The number of nitrogens with one attached hydrogen (secondary N) is 1.